The molecule has 5 amide bonds. The summed E-state index contributed by atoms with van der Waals surface area (Å²) in [5, 5.41) is 29.1. The number of carboxylic acids is 1. The van der Waals surface area contributed by atoms with E-state index < -0.39 is 72.8 Å². The normalized spacial score (nSPS) is 14.3. The fraction of sp³-hybridized carbons (Fsp3) is 0.625. The summed E-state index contributed by atoms with van der Waals surface area (Å²) in [6, 6.07) is -4.67. The number of thiol groups is 1. The first-order valence-corrected chi connectivity index (χ1v) is 9.45. The number of aliphatic hydroxyl groups is 1. The smallest absolute Gasteiger partial charge is 0.322 e. The molecule has 7 N–H and O–H groups in total. The van der Waals surface area contributed by atoms with Crippen LogP contribution in [0.1, 0.15) is 20.8 Å². The summed E-state index contributed by atoms with van der Waals surface area (Å²) in [7, 11) is 0. The molecule has 0 saturated heterocycles. The Morgan fingerprint density at radius 1 is 0.800 bits per heavy atom. The molecule has 30 heavy (non-hydrogen) atoms. The summed E-state index contributed by atoms with van der Waals surface area (Å²) in [4.78, 5) is 69.7. The molecule has 14 heteroatoms. The number of hydrogen-bond acceptors (Lipinski definition) is 8. The molecule has 0 radical (unpaired) electrons. The highest BCUT2D eigenvalue weighted by Crippen LogP contribution is 1.95. The minimum Gasteiger partial charge on any atom is -0.480 e. The van der Waals surface area contributed by atoms with E-state index in [1.807, 2.05) is 0 Å². The average molecular weight is 449 g/mol. The maximum absolute atomic E-state index is 12.3. The Kier molecular flexibility index (Phi) is 12.1. The zero-order valence-corrected chi connectivity index (χ0v) is 17.6. The van der Waals surface area contributed by atoms with Crippen molar-refractivity contribution in [3.63, 3.8) is 0 Å². The molecule has 170 valence electrons. The summed E-state index contributed by atoms with van der Waals surface area (Å²) >= 11 is 3.97. The second kappa shape index (κ2) is 13.4. The van der Waals surface area contributed by atoms with E-state index in [1.165, 1.54) is 20.8 Å². The first-order valence-electron chi connectivity index (χ1n) is 8.82. The van der Waals surface area contributed by atoms with Crippen molar-refractivity contribution in [2.45, 2.75) is 44.9 Å². The van der Waals surface area contributed by atoms with E-state index in [4.69, 9.17) is 5.11 Å². The van der Waals surface area contributed by atoms with Crippen LogP contribution in [0.5, 0.6) is 0 Å². The summed E-state index contributed by atoms with van der Waals surface area (Å²) in [6.45, 7) is 2.46. The van der Waals surface area contributed by atoms with Crippen LogP contribution >= 0.6 is 12.6 Å². The van der Waals surface area contributed by atoms with Gasteiger partial charge in [-0.3, -0.25) is 28.8 Å². The Bertz CT molecular complexity index is 674. The Morgan fingerprint density at radius 2 is 1.30 bits per heavy atom. The lowest BCUT2D eigenvalue weighted by Gasteiger charge is -2.23. The number of nitrogens with one attached hydrogen (secondary N) is 5. The third-order valence-electron chi connectivity index (χ3n) is 3.61. The van der Waals surface area contributed by atoms with Gasteiger partial charge in [-0.05, 0) is 13.8 Å². The quantitative estimate of drug-likeness (QED) is 0.138. The lowest BCUT2D eigenvalue weighted by Crippen LogP contribution is -2.59. The zero-order chi connectivity index (χ0) is 23.4. The number of carbonyl (C=O) groups is 6. The molecule has 0 aromatic carbocycles. The van der Waals surface area contributed by atoms with Crippen molar-refractivity contribution < 1.29 is 39.0 Å². The molecule has 0 heterocycles. The molecule has 0 aliphatic heterocycles. The van der Waals surface area contributed by atoms with Crippen LogP contribution in [0.4, 0.5) is 0 Å². The SMILES string of the molecule is CC(=O)N[C@@H](C)C(=O)N[C@@H](CS)C(=O)N[C@@H](CO)C(=O)N[C@@H](C)C(=O)NCC(=O)O. The Morgan fingerprint density at radius 3 is 1.77 bits per heavy atom. The highest BCUT2D eigenvalue weighted by Gasteiger charge is 2.28. The fourth-order valence-electron chi connectivity index (χ4n) is 2.02. The molecule has 0 aromatic heterocycles. The molecule has 0 saturated carbocycles. The maximum Gasteiger partial charge on any atom is 0.322 e. The number of amides is 5. The number of rotatable bonds is 12. The van der Waals surface area contributed by atoms with E-state index in [2.05, 4.69) is 39.2 Å². The van der Waals surface area contributed by atoms with Gasteiger partial charge in [0.05, 0.1) is 6.61 Å². The molecule has 13 nitrogen and oxygen atoms in total. The van der Waals surface area contributed by atoms with Gasteiger partial charge in [0.25, 0.3) is 0 Å². The molecule has 0 fully saturated rings. The molecule has 0 rings (SSSR count). The molecule has 0 aromatic rings. The number of carbonyl (C=O) groups excluding carboxylic acids is 5. The molecule has 0 bridgehead atoms. The number of aliphatic hydroxyl groups excluding tert-OH is 1. The second-order valence-corrected chi connectivity index (χ2v) is 6.62. The molecular formula is C16H27N5O8S. The third kappa shape index (κ3) is 10.1. The van der Waals surface area contributed by atoms with E-state index in [0.29, 0.717) is 0 Å². The molecule has 0 aliphatic rings. The van der Waals surface area contributed by atoms with Gasteiger partial charge in [0.1, 0.15) is 30.7 Å². The summed E-state index contributed by atoms with van der Waals surface area (Å²) in [5.41, 5.74) is 0. The fourth-order valence-corrected chi connectivity index (χ4v) is 2.28. The monoisotopic (exact) mass is 449 g/mol. The largest absolute Gasteiger partial charge is 0.480 e. The maximum atomic E-state index is 12.3. The zero-order valence-electron chi connectivity index (χ0n) is 16.7. The van der Waals surface area contributed by atoms with Crippen LogP contribution in [0.3, 0.4) is 0 Å². The van der Waals surface area contributed by atoms with Crippen molar-refractivity contribution in [1.29, 1.82) is 0 Å². The van der Waals surface area contributed by atoms with E-state index in [-0.39, 0.29) is 5.75 Å². The van der Waals surface area contributed by atoms with Crippen LogP contribution < -0.4 is 26.6 Å². The van der Waals surface area contributed by atoms with Crippen LogP contribution in [-0.4, -0.2) is 88.8 Å². The van der Waals surface area contributed by atoms with Crippen LogP contribution in [0.2, 0.25) is 0 Å². The van der Waals surface area contributed by atoms with Gasteiger partial charge in [-0.25, -0.2) is 0 Å². The van der Waals surface area contributed by atoms with Gasteiger partial charge in [-0.15, -0.1) is 0 Å². The minimum atomic E-state index is -1.45. The molecule has 4 atom stereocenters. The second-order valence-electron chi connectivity index (χ2n) is 6.25. The lowest BCUT2D eigenvalue weighted by molar-refractivity contribution is -0.138. The molecule has 0 unspecified atom stereocenters. The van der Waals surface area contributed by atoms with Gasteiger partial charge in [0.2, 0.25) is 29.5 Å². The van der Waals surface area contributed by atoms with Gasteiger partial charge in [0.15, 0.2) is 0 Å². The van der Waals surface area contributed by atoms with Crippen LogP contribution in [0.15, 0.2) is 0 Å². The Balaban J connectivity index is 4.86. The lowest BCUT2D eigenvalue weighted by atomic mass is 10.2. The van der Waals surface area contributed by atoms with Crippen molar-refractivity contribution in [1.82, 2.24) is 26.6 Å². The third-order valence-corrected chi connectivity index (χ3v) is 3.98. The van der Waals surface area contributed by atoms with E-state index >= 15 is 0 Å². The average Bonchev–Trinajstić information content (AvgIpc) is 2.66. The van der Waals surface area contributed by atoms with Crippen molar-refractivity contribution in [2.75, 3.05) is 18.9 Å². The molecular weight excluding hydrogens is 422 g/mol. The minimum absolute atomic E-state index is 0.141. The van der Waals surface area contributed by atoms with E-state index in [0.717, 1.165) is 0 Å². The number of aliphatic carboxylic acids is 1. The van der Waals surface area contributed by atoms with Crippen molar-refractivity contribution >= 4 is 48.1 Å². The van der Waals surface area contributed by atoms with Gasteiger partial charge < -0.3 is 36.8 Å². The first kappa shape index (κ1) is 27.1. The first-order chi connectivity index (χ1) is 13.9. The van der Waals surface area contributed by atoms with Crippen LogP contribution in [0, 0.1) is 0 Å². The standard InChI is InChI=1S/C16H27N5O8S/c1-7(13(26)17-4-12(24)25)19-15(28)10(5-22)20-16(29)11(6-30)21-14(27)8(2)18-9(3)23/h7-8,10-11,22,30H,4-6H2,1-3H3,(H,17,26)(H,18,23)(H,19,28)(H,20,29)(H,21,27)(H,24,25)/t7-,8-,10-,11-/m0/s1. The van der Waals surface area contributed by atoms with Gasteiger partial charge in [0, 0.05) is 12.7 Å². The predicted molar refractivity (Wildman–Crippen MR) is 106 cm³/mol. The highest BCUT2D eigenvalue weighted by molar-refractivity contribution is 7.80. The topological polar surface area (TPSA) is 203 Å². The Hall–Kier alpha value is -2.87. The van der Waals surface area contributed by atoms with Gasteiger partial charge >= 0.3 is 5.97 Å². The van der Waals surface area contributed by atoms with E-state index in [9.17, 15) is 33.9 Å². The number of carboxylic acid groups (broad SMARTS) is 1. The van der Waals surface area contributed by atoms with Crippen molar-refractivity contribution in [3.8, 4) is 0 Å². The van der Waals surface area contributed by atoms with Gasteiger partial charge in [-0.1, -0.05) is 0 Å². The summed E-state index contributed by atoms with van der Waals surface area (Å²) in [5.74, 6) is -5.02. The highest BCUT2D eigenvalue weighted by atomic mass is 32.1. The van der Waals surface area contributed by atoms with Crippen LogP contribution in [-0.2, 0) is 28.8 Å². The van der Waals surface area contributed by atoms with E-state index in [1.54, 1.807) is 0 Å². The molecule has 0 spiro atoms. The Labute approximate surface area is 178 Å². The van der Waals surface area contributed by atoms with Crippen molar-refractivity contribution in [2.24, 2.45) is 0 Å². The number of hydrogen-bond donors (Lipinski definition) is 8. The van der Waals surface area contributed by atoms with Gasteiger partial charge in [-0.2, -0.15) is 12.6 Å². The molecule has 0 aliphatic carbocycles. The summed E-state index contributed by atoms with van der Waals surface area (Å²) < 4.78 is 0. The predicted octanol–water partition coefficient (Wildman–Crippen LogP) is -3.89. The summed E-state index contributed by atoms with van der Waals surface area (Å²) in [6.07, 6.45) is 0. The van der Waals surface area contributed by atoms with Crippen molar-refractivity contribution in [3.05, 3.63) is 0 Å². The van der Waals surface area contributed by atoms with Crippen LogP contribution in [0.25, 0.3) is 0 Å².